The van der Waals surface area contributed by atoms with Crippen LogP contribution >= 0.6 is 0 Å². The van der Waals surface area contributed by atoms with Gasteiger partial charge < -0.3 is 51.5 Å². The van der Waals surface area contributed by atoms with E-state index < -0.39 is 91.5 Å². The van der Waals surface area contributed by atoms with Crippen LogP contribution in [0.3, 0.4) is 0 Å². The monoisotopic (exact) mass is 912 g/mol. The Bertz CT molecular complexity index is 1640. The number of carbonyl (C=O) groups excluding carboxylic acids is 2. The minimum atomic E-state index is -1.26. The highest BCUT2D eigenvalue weighted by molar-refractivity contribution is 5.83. The predicted octanol–water partition coefficient (Wildman–Crippen LogP) is 0.464. The fourth-order valence-corrected chi connectivity index (χ4v) is 12.2. The maximum atomic E-state index is 13.1. The minimum absolute atomic E-state index is 0.0230. The second-order valence-corrected chi connectivity index (χ2v) is 19.6. The summed E-state index contributed by atoms with van der Waals surface area (Å²) in [5.74, 6) is -6.27. The van der Waals surface area contributed by atoms with Gasteiger partial charge >= 0.3 is 29.8 Å². The van der Waals surface area contributed by atoms with Crippen molar-refractivity contribution < 1.29 is 74.4 Å². The van der Waals surface area contributed by atoms with Crippen molar-refractivity contribution in [3.8, 4) is 0 Å². The highest BCUT2D eigenvalue weighted by atomic mass is 16.4. The first-order valence-electron chi connectivity index (χ1n) is 22.9. The number of aliphatic carboxylic acids is 5. The average molecular weight is 912 g/mol. The first-order chi connectivity index (χ1) is 30.0. The molecule has 0 radical (unpaired) electrons. The summed E-state index contributed by atoms with van der Waals surface area (Å²) in [6.45, 7) is 3.92. The number of fused-ring (bicyclic) bond motifs is 5. The molecule has 0 heterocycles. The number of carboxylic acid groups (broad SMARTS) is 5. The number of unbranched alkanes of at least 4 members (excludes halogenated alkanes) is 1. The summed E-state index contributed by atoms with van der Waals surface area (Å²) in [7, 11) is 0. The van der Waals surface area contributed by atoms with E-state index in [0.717, 1.165) is 30.6 Å². The summed E-state index contributed by atoms with van der Waals surface area (Å²) in [4.78, 5) is 87.0. The molecule has 20 heteroatoms. The van der Waals surface area contributed by atoms with Gasteiger partial charge in [-0.25, -0.2) is 4.79 Å². The van der Waals surface area contributed by atoms with E-state index in [1.165, 1.54) is 9.80 Å². The fraction of sp³-hybridized carbons (Fsp3) is 0.841. The predicted molar refractivity (Wildman–Crippen MR) is 229 cm³/mol. The highest BCUT2D eigenvalue weighted by Crippen LogP contribution is 2.68. The number of nitrogens with one attached hydrogen (secondary N) is 2. The zero-order valence-corrected chi connectivity index (χ0v) is 37.6. The Labute approximate surface area is 374 Å². The molecule has 3 unspecified atom stereocenters. The number of carbonyl (C=O) groups is 7. The van der Waals surface area contributed by atoms with E-state index >= 15 is 0 Å². The fourth-order valence-electron chi connectivity index (χ4n) is 12.2. The molecule has 0 aliphatic heterocycles. The van der Waals surface area contributed by atoms with Crippen molar-refractivity contribution in [3.05, 3.63) is 0 Å². The Balaban J connectivity index is 1.20. The highest BCUT2D eigenvalue weighted by Gasteiger charge is 2.65. The van der Waals surface area contributed by atoms with Crippen molar-refractivity contribution in [1.82, 2.24) is 25.3 Å². The van der Waals surface area contributed by atoms with Gasteiger partial charge in [-0.05, 0) is 117 Å². The molecule has 0 aromatic heterocycles. The van der Waals surface area contributed by atoms with Crippen molar-refractivity contribution in [2.45, 2.75) is 122 Å². The van der Waals surface area contributed by atoms with E-state index in [9.17, 15) is 64.2 Å². The SMILES string of the molecule is C[C@H](CCC(=O)N[C@@H](CCCCNC(=O)CN(CCN(CCN(CC(=O)O)CC(=O)O)CC(=O)O)CC(=O)O)C(=O)O)[C@H]1CCC2C3C(C[C@H](O)[C@@]21C)[C@@]1(C)CC[C@H](O)C[C@H]1C[C@H]3O. The van der Waals surface area contributed by atoms with E-state index in [1.807, 2.05) is 0 Å². The normalized spacial score (nSPS) is 30.8. The molecule has 10 N–H and O–H groups in total. The first-order valence-corrected chi connectivity index (χ1v) is 22.9. The van der Waals surface area contributed by atoms with Crippen LogP contribution in [0.1, 0.15) is 97.8 Å². The van der Waals surface area contributed by atoms with Gasteiger partial charge in [0.1, 0.15) is 6.04 Å². The van der Waals surface area contributed by atoms with E-state index in [-0.39, 0.29) is 99.1 Å². The molecular formula is C44H73N5O15. The topological polar surface area (TPSA) is 315 Å². The molecule has 4 aliphatic rings. The number of hydrogen-bond donors (Lipinski definition) is 10. The van der Waals surface area contributed by atoms with Crippen LogP contribution in [-0.4, -0.2) is 187 Å². The number of rotatable bonds is 27. The van der Waals surface area contributed by atoms with Crippen LogP contribution in [0.15, 0.2) is 0 Å². The summed E-state index contributed by atoms with van der Waals surface area (Å²) < 4.78 is 0. The number of amides is 2. The quantitative estimate of drug-likeness (QED) is 0.0501. The molecular weight excluding hydrogens is 839 g/mol. The van der Waals surface area contributed by atoms with Gasteiger partial charge in [0.15, 0.2) is 0 Å². The van der Waals surface area contributed by atoms with E-state index in [0.29, 0.717) is 38.5 Å². The summed E-state index contributed by atoms with van der Waals surface area (Å²) >= 11 is 0. The maximum absolute atomic E-state index is 13.1. The van der Waals surface area contributed by atoms with Gasteiger partial charge in [-0.15, -0.1) is 0 Å². The van der Waals surface area contributed by atoms with Gasteiger partial charge in [-0.1, -0.05) is 20.8 Å². The molecule has 0 aromatic carbocycles. The van der Waals surface area contributed by atoms with Crippen molar-refractivity contribution >= 4 is 41.7 Å². The van der Waals surface area contributed by atoms with Gasteiger partial charge in [-0.2, -0.15) is 0 Å². The van der Waals surface area contributed by atoms with Crippen LogP contribution in [0.4, 0.5) is 0 Å². The molecule has 0 bridgehead atoms. The lowest BCUT2D eigenvalue weighted by molar-refractivity contribution is -0.207. The largest absolute Gasteiger partial charge is 0.480 e. The molecule has 12 atom stereocenters. The van der Waals surface area contributed by atoms with Gasteiger partial charge in [0.25, 0.3) is 0 Å². The van der Waals surface area contributed by atoms with Gasteiger partial charge in [0.05, 0.1) is 51.0 Å². The van der Waals surface area contributed by atoms with E-state index in [4.69, 9.17) is 10.2 Å². The van der Waals surface area contributed by atoms with Gasteiger partial charge in [0.2, 0.25) is 11.8 Å². The number of nitrogens with zero attached hydrogens (tertiary/aromatic N) is 3. The van der Waals surface area contributed by atoms with Crippen molar-refractivity contribution in [2.75, 3.05) is 65.4 Å². The summed E-state index contributed by atoms with van der Waals surface area (Å²) in [6, 6.07) is -1.15. The van der Waals surface area contributed by atoms with Crippen LogP contribution < -0.4 is 10.6 Å². The Kier molecular flexibility index (Phi) is 19.3. The zero-order chi connectivity index (χ0) is 47.5. The summed E-state index contributed by atoms with van der Waals surface area (Å²) in [6.07, 6.45) is 5.43. The molecule has 64 heavy (non-hydrogen) atoms. The standard InChI is InChI=1S/C44H73N5O15/c1-26(29-8-9-30-41-31(20-34(52)44(29,30)3)43(2)12-11-28(50)18-27(43)19-33(41)51)7-10-35(53)46-32(42(63)64)6-4-5-13-45-36(54)21-48(23-38(57)58)16-14-47(22-37(55)56)15-17-49(24-39(59)60)25-40(61)62/h26-34,41,50-52H,4-25H2,1-3H3,(H,45,54)(H,46,53)(H,55,56)(H,57,58)(H,59,60)(H,61,62)(H,63,64)/t26-,27+,28+,29-,30?,31?,32+,33-,34+,41?,43+,44-/m1/s1. The number of aliphatic hydroxyl groups excluding tert-OH is 3. The third-order valence-electron chi connectivity index (χ3n) is 15.5. The summed E-state index contributed by atoms with van der Waals surface area (Å²) in [5, 5.41) is 86.0. The van der Waals surface area contributed by atoms with Crippen molar-refractivity contribution in [1.29, 1.82) is 0 Å². The average Bonchev–Trinajstić information content (AvgIpc) is 3.55. The summed E-state index contributed by atoms with van der Waals surface area (Å²) in [5.41, 5.74) is -0.454. The first kappa shape index (κ1) is 52.7. The Morgan fingerprint density at radius 1 is 0.656 bits per heavy atom. The molecule has 0 aromatic rings. The number of hydrogen-bond acceptors (Lipinski definition) is 13. The molecule has 0 spiro atoms. The third kappa shape index (κ3) is 14.0. The zero-order valence-electron chi connectivity index (χ0n) is 37.6. The lowest BCUT2D eigenvalue weighted by Gasteiger charge is -2.63. The lowest BCUT2D eigenvalue weighted by atomic mass is 9.43. The van der Waals surface area contributed by atoms with E-state index in [1.54, 1.807) is 0 Å². The molecule has 4 saturated carbocycles. The van der Waals surface area contributed by atoms with Crippen LogP contribution in [0.5, 0.6) is 0 Å². The van der Waals surface area contributed by atoms with Crippen LogP contribution in [0.2, 0.25) is 0 Å². The van der Waals surface area contributed by atoms with Crippen LogP contribution in [0.25, 0.3) is 0 Å². The Morgan fingerprint density at radius 2 is 1.22 bits per heavy atom. The van der Waals surface area contributed by atoms with Crippen LogP contribution in [-0.2, 0) is 33.6 Å². The van der Waals surface area contributed by atoms with Gasteiger partial charge in [0, 0.05) is 39.1 Å². The van der Waals surface area contributed by atoms with Crippen LogP contribution in [0, 0.1) is 46.3 Å². The molecule has 364 valence electrons. The smallest absolute Gasteiger partial charge is 0.326 e. The maximum Gasteiger partial charge on any atom is 0.326 e. The third-order valence-corrected chi connectivity index (χ3v) is 15.5. The van der Waals surface area contributed by atoms with Crippen molar-refractivity contribution in [3.63, 3.8) is 0 Å². The lowest BCUT2D eigenvalue weighted by Crippen LogP contribution is -2.62. The van der Waals surface area contributed by atoms with Crippen molar-refractivity contribution in [2.24, 2.45) is 46.3 Å². The van der Waals surface area contributed by atoms with E-state index in [2.05, 4.69) is 31.4 Å². The second-order valence-electron chi connectivity index (χ2n) is 19.6. The van der Waals surface area contributed by atoms with Gasteiger partial charge in [-0.3, -0.25) is 43.5 Å². The minimum Gasteiger partial charge on any atom is -0.480 e. The molecule has 4 aliphatic carbocycles. The molecule has 0 saturated heterocycles. The second kappa shape index (κ2) is 23.5. The Morgan fingerprint density at radius 3 is 1.80 bits per heavy atom. The number of aliphatic hydroxyl groups is 3. The molecule has 20 nitrogen and oxygen atoms in total. The molecule has 2 amide bonds. The Hall–Kier alpha value is -3.95. The number of carboxylic acids is 5. The molecule has 4 rings (SSSR count). The molecule has 4 fully saturated rings.